The summed E-state index contributed by atoms with van der Waals surface area (Å²) in [6.45, 7) is 6.55. The van der Waals surface area contributed by atoms with Gasteiger partial charge in [-0.15, -0.1) is 0 Å². The summed E-state index contributed by atoms with van der Waals surface area (Å²) < 4.78 is 33.7. The third-order valence-corrected chi connectivity index (χ3v) is 7.12. The zero-order chi connectivity index (χ0) is 18.0. The quantitative estimate of drug-likeness (QED) is 0.877. The van der Waals surface area contributed by atoms with E-state index in [4.69, 9.17) is 4.74 Å². The van der Waals surface area contributed by atoms with Crippen molar-refractivity contribution in [1.29, 1.82) is 0 Å². The molecule has 1 aromatic carbocycles. The van der Waals surface area contributed by atoms with Crippen molar-refractivity contribution >= 4 is 5.91 Å². The molecule has 5 heteroatoms. The van der Waals surface area contributed by atoms with Crippen LogP contribution in [-0.2, 0) is 9.53 Å². The number of carbonyl (C=O) groups is 1. The number of nitrogens with one attached hydrogen (secondary N) is 1. The molecule has 2 saturated carbocycles. The van der Waals surface area contributed by atoms with Crippen LogP contribution in [0.15, 0.2) is 18.2 Å². The van der Waals surface area contributed by atoms with E-state index < -0.39 is 11.6 Å². The number of carbonyl (C=O) groups excluding carboxylic acids is 1. The van der Waals surface area contributed by atoms with Crippen molar-refractivity contribution in [3.63, 3.8) is 0 Å². The van der Waals surface area contributed by atoms with Gasteiger partial charge in [-0.1, -0.05) is 19.9 Å². The van der Waals surface area contributed by atoms with Crippen molar-refractivity contribution in [1.82, 2.24) is 5.32 Å². The molecule has 1 aliphatic heterocycles. The molecular weight excluding hydrogens is 324 g/mol. The summed E-state index contributed by atoms with van der Waals surface area (Å²) in [7, 11) is 0. The number of benzene rings is 1. The van der Waals surface area contributed by atoms with E-state index in [0.717, 1.165) is 25.3 Å². The maximum atomic E-state index is 14.4. The van der Waals surface area contributed by atoms with Gasteiger partial charge < -0.3 is 10.1 Å². The van der Waals surface area contributed by atoms with Crippen molar-refractivity contribution in [3.05, 3.63) is 35.4 Å². The maximum absolute atomic E-state index is 14.4. The van der Waals surface area contributed by atoms with Crippen LogP contribution in [0.4, 0.5) is 8.78 Å². The molecule has 136 valence electrons. The Labute approximate surface area is 147 Å². The largest absolute Gasteiger partial charge is 0.373 e. The average molecular weight is 349 g/mol. The summed E-state index contributed by atoms with van der Waals surface area (Å²) in [6.07, 6.45) is 2.51. The Morgan fingerprint density at radius 3 is 2.76 bits per heavy atom. The lowest BCUT2D eigenvalue weighted by Gasteiger charge is -2.53. The first-order chi connectivity index (χ1) is 11.8. The van der Waals surface area contributed by atoms with Gasteiger partial charge in [-0.2, -0.15) is 0 Å². The molecule has 1 amide bonds. The molecule has 4 rings (SSSR count). The van der Waals surface area contributed by atoms with Crippen LogP contribution >= 0.6 is 0 Å². The Bertz CT molecular complexity index is 720. The molecule has 1 aromatic rings. The molecule has 3 aliphatic rings. The van der Waals surface area contributed by atoms with Crippen LogP contribution in [0.1, 0.15) is 51.7 Å². The van der Waals surface area contributed by atoms with E-state index in [1.807, 2.05) is 0 Å². The first kappa shape index (κ1) is 17.0. The molecule has 3 nitrogen and oxygen atoms in total. The summed E-state index contributed by atoms with van der Waals surface area (Å²) in [6, 6.07) is 3.81. The van der Waals surface area contributed by atoms with E-state index in [-0.39, 0.29) is 34.8 Å². The highest BCUT2D eigenvalue weighted by atomic mass is 19.1. The fourth-order valence-corrected chi connectivity index (χ4v) is 6.03. The summed E-state index contributed by atoms with van der Waals surface area (Å²) >= 11 is 0. The normalized spacial score (nSPS) is 38.4. The number of rotatable bonds is 2. The smallest absolute Gasteiger partial charge is 0.217 e. The predicted molar refractivity (Wildman–Crippen MR) is 89.7 cm³/mol. The predicted octanol–water partition coefficient (Wildman–Crippen LogP) is 3.98. The maximum Gasteiger partial charge on any atom is 0.217 e. The van der Waals surface area contributed by atoms with Crippen molar-refractivity contribution in [2.45, 2.75) is 52.2 Å². The van der Waals surface area contributed by atoms with E-state index in [2.05, 4.69) is 19.2 Å². The molecular formula is C20H25F2NO2. The Balaban J connectivity index is 1.73. The minimum atomic E-state index is -0.572. The van der Waals surface area contributed by atoms with Crippen LogP contribution in [-0.4, -0.2) is 18.6 Å². The lowest BCUT2D eigenvalue weighted by molar-refractivity contribution is -0.136. The molecule has 1 saturated heterocycles. The van der Waals surface area contributed by atoms with Gasteiger partial charge in [-0.25, -0.2) is 8.78 Å². The molecule has 0 unspecified atom stereocenters. The number of amides is 1. The molecule has 1 N–H and O–H groups in total. The number of hydrogen-bond donors (Lipinski definition) is 1. The number of hydrogen-bond acceptors (Lipinski definition) is 2. The average Bonchev–Trinajstić information content (AvgIpc) is 3.00. The molecule has 25 heavy (non-hydrogen) atoms. The van der Waals surface area contributed by atoms with Gasteiger partial charge >= 0.3 is 0 Å². The van der Waals surface area contributed by atoms with Crippen LogP contribution in [0.2, 0.25) is 0 Å². The zero-order valence-corrected chi connectivity index (χ0v) is 14.9. The fourth-order valence-electron chi connectivity index (χ4n) is 6.03. The van der Waals surface area contributed by atoms with Crippen LogP contribution in [0, 0.1) is 34.3 Å². The molecule has 0 aromatic heterocycles. The lowest BCUT2D eigenvalue weighted by atomic mass is 9.59. The van der Waals surface area contributed by atoms with E-state index in [1.165, 1.54) is 12.1 Å². The van der Waals surface area contributed by atoms with Gasteiger partial charge in [0.25, 0.3) is 0 Å². The van der Waals surface area contributed by atoms with Crippen molar-refractivity contribution in [2.24, 2.45) is 22.7 Å². The van der Waals surface area contributed by atoms with Crippen LogP contribution in [0.25, 0.3) is 0 Å². The Kier molecular flexibility index (Phi) is 3.73. The molecule has 2 bridgehead atoms. The minimum Gasteiger partial charge on any atom is -0.373 e. The first-order valence-electron chi connectivity index (χ1n) is 9.09. The van der Waals surface area contributed by atoms with Gasteiger partial charge in [-0.3, -0.25) is 4.79 Å². The highest BCUT2D eigenvalue weighted by Crippen LogP contribution is 2.70. The molecule has 3 fully saturated rings. The van der Waals surface area contributed by atoms with Crippen molar-refractivity contribution in [3.8, 4) is 0 Å². The van der Waals surface area contributed by atoms with Gasteiger partial charge in [0.1, 0.15) is 11.6 Å². The summed E-state index contributed by atoms with van der Waals surface area (Å²) in [5.41, 5.74) is 0.395. The summed E-state index contributed by atoms with van der Waals surface area (Å²) in [5.74, 6) is -0.509. The van der Waals surface area contributed by atoms with Crippen LogP contribution in [0.3, 0.4) is 0 Å². The number of fused-ring (bicyclic) bond motifs is 1. The summed E-state index contributed by atoms with van der Waals surface area (Å²) in [4.78, 5) is 11.8. The van der Waals surface area contributed by atoms with E-state index in [9.17, 15) is 13.6 Å². The van der Waals surface area contributed by atoms with Gasteiger partial charge in [-0.05, 0) is 48.0 Å². The Morgan fingerprint density at radius 2 is 2.08 bits per heavy atom. The standard InChI is InChI=1S/C20H25F2NO2/c1-11(24)23-18-19(2,3)12-8-15-17(25-7-6-20(15,18)10-12)14-5-4-13(21)9-16(14)22/h4-5,9,12,15,17-18H,6-8,10H2,1-3H3,(H,23,24)/t12-,15-,17-,18-,20-/m1/s1. The minimum absolute atomic E-state index is 0.0187. The van der Waals surface area contributed by atoms with Gasteiger partial charge in [0.2, 0.25) is 5.91 Å². The highest BCUT2D eigenvalue weighted by molar-refractivity contribution is 5.73. The molecule has 1 heterocycles. The van der Waals surface area contributed by atoms with Crippen LogP contribution < -0.4 is 5.32 Å². The second-order valence-corrected chi connectivity index (χ2v) is 8.64. The third kappa shape index (κ3) is 2.35. The Hall–Kier alpha value is -1.49. The van der Waals surface area contributed by atoms with Crippen molar-refractivity contribution < 1.29 is 18.3 Å². The Morgan fingerprint density at radius 1 is 1.32 bits per heavy atom. The highest BCUT2D eigenvalue weighted by Gasteiger charge is 2.68. The zero-order valence-electron chi connectivity index (χ0n) is 14.9. The first-order valence-corrected chi connectivity index (χ1v) is 9.09. The monoisotopic (exact) mass is 349 g/mol. The van der Waals surface area contributed by atoms with E-state index >= 15 is 0 Å². The third-order valence-electron chi connectivity index (χ3n) is 7.12. The SMILES string of the molecule is CC(=O)N[C@@H]1C(C)(C)[C@@H]2C[C@@H]3[C@@H](c4ccc(F)cc4F)OCC[C@@]31C2. The molecule has 0 radical (unpaired) electrons. The van der Waals surface area contributed by atoms with E-state index in [0.29, 0.717) is 18.1 Å². The molecule has 1 spiro atoms. The second-order valence-electron chi connectivity index (χ2n) is 8.64. The number of halogens is 2. The van der Waals surface area contributed by atoms with Gasteiger partial charge in [0.15, 0.2) is 0 Å². The fraction of sp³-hybridized carbons (Fsp3) is 0.650. The molecule has 2 aliphatic carbocycles. The molecule has 5 atom stereocenters. The van der Waals surface area contributed by atoms with Crippen molar-refractivity contribution in [2.75, 3.05) is 6.61 Å². The van der Waals surface area contributed by atoms with E-state index in [1.54, 1.807) is 6.92 Å². The second kappa shape index (κ2) is 5.50. The lowest BCUT2D eigenvalue weighted by Crippen LogP contribution is -2.58. The van der Waals surface area contributed by atoms with Gasteiger partial charge in [0.05, 0.1) is 6.10 Å². The van der Waals surface area contributed by atoms with Gasteiger partial charge in [0, 0.05) is 31.2 Å². The topological polar surface area (TPSA) is 38.3 Å². The number of ether oxygens (including phenoxy) is 1. The van der Waals surface area contributed by atoms with Crippen LogP contribution in [0.5, 0.6) is 0 Å². The summed E-state index contributed by atoms with van der Waals surface area (Å²) in [5, 5.41) is 3.20.